The van der Waals surface area contributed by atoms with Gasteiger partial charge in [-0.25, -0.2) is 0 Å². The van der Waals surface area contributed by atoms with E-state index in [0.29, 0.717) is 6.04 Å². The highest BCUT2D eigenvalue weighted by atomic mass is 16.3. The van der Waals surface area contributed by atoms with Crippen molar-refractivity contribution in [3.63, 3.8) is 0 Å². The van der Waals surface area contributed by atoms with Crippen LogP contribution in [-0.2, 0) is 0 Å². The second-order valence-corrected chi connectivity index (χ2v) is 4.32. The first kappa shape index (κ1) is 8.52. The average Bonchev–Trinajstić information content (AvgIpc) is 2.31. The maximum Gasteiger partial charge on any atom is 0.0695 e. The van der Waals surface area contributed by atoms with Crippen LogP contribution in [0, 0.1) is 0 Å². The second kappa shape index (κ2) is 3.35. The summed E-state index contributed by atoms with van der Waals surface area (Å²) < 4.78 is 0. The van der Waals surface area contributed by atoms with Crippen LogP contribution in [0.15, 0.2) is 0 Å². The van der Waals surface area contributed by atoms with Crippen LogP contribution >= 0.6 is 0 Å². The Morgan fingerprint density at radius 3 is 2.17 bits per heavy atom. The third-order valence-electron chi connectivity index (χ3n) is 3.62. The van der Waals surface area contributed by atoms with E-state index in [4.69, 9.17) is 0 Å². The SMILES string of the molecule is CN(C1CCC1)[C@H]1CCC[C@@H]1O. The van der Waals surface area contributed by atoms with Gasteiger partial charge in [0.1, 0.15) is 0 Å². The normalized spacial score (nSPS) is 37.2. The molecule has 0 saturated heterocycles. The molecule has 0 aromatic carbocycles. The monoisotopic (exact) mass is 169 g/mol. The van der Waals surface area contributed by atoms with Gasteiger partial charge < -0.3 is 5.11 Å². The van der Waals surface area contributed by atoms with Crippen LogP contribution in [0.1, 0.15) is 38.5 Å². The first-order valence-corrected chi connectivity index (χ1v) is 5.19. The molecular weight excluding hydrogens is 150 g/mol. The fraction of sp³-hybridized carbons (Fsp3) is 1.00. The summed E-state index contributed by atoms with van der Waals surface area (Å²) in [7, 11) is 2.18. The van der Waals surface area contributed by atoms with Crippen molar-refractivity contribution >= 4 is 0 Å². The predicted octanol–water partition coefficient (Wildman–Crippen LogP) is 1.38. The number of likely N-dealkylation sites (N-methyl/N-ethyl adjacent to an activating group) is 1. The van der Waals surface area contributed by atoms with Crippen LogP contribution in [0.2, 0.25) is 0 Å². The van der Waals surface area contributed by atoms with Crippen molar-refractivity contribution in [2.45, 2.75) is 56.7 Å². The summed E-state index contributed by atoms with van der Waals surface area (Å²) in [5, 5.41) is 9.69. The molecule has 2 fully saturated rings. The molecule has 0 bridgehead atoms. The number of rotatable bonds is 2. The molecule has 70 valence electrons. The zero-order valence-corrected chi connectivity index (χ0v) is 7.87. The summed E-state index contributed by atoms with van der Waals surface area (Å²) in [5.41, 5.74) is 0. The molecule has 2 heteroatoms. The topological polar surface area (TPSA) is 23.5 Å². The maximum absolute atomic E-state index is 9.69. The van der Waals surface area contributed by atoms with Crippen LogP contribution in [0.5, 0.6) is 0 Å². The predicted molar refractivity (Wildman–Crippen MR) is 49.0 cm³/mol. The third kappa shape index (κ3) is 1.38. The van der Waals surface area contributed by atoms with Gasteiger partial charge in [-0.2, -0.15) is 0 Å². The Morgan fingerprint density at radius 1 is 1.08 bits per heavy atom. The van der Waals surface area contributed by atoms with Gasteiger partial charge in [-0.15, -0.1) is 0 Å². The molecular formula is C10H19NO. The van der Waals surface area contributed by atoms with E-state index in [1.54, 1.807) is 0 Å². The smallest absolute Gasteiger partial charge is 0.0695 e. The molecule has 2 aliphatic carbocycles. The molecule has 2 atom stereocenters. The van der Waals surface area contributed by atoms with Crippen LogP contribution in [0.4, 0.5) is 0 Å². The molecule has 1 N–H and O–H groups in total. The molecule has 2 aliphatic rings. The lowest BCUT2D eigenvalue weighted by molar-refractivity contribution is 0.0369. The van der Waals surface area contributed by atoms with Gasteiger partial charge >= 0.3 is 0 Å². The number of aliphatic hydroxyl groups is 1. The number of hydrogen-bond acceptors (Lipinski definition) is 2. The van der Waals surface area contributed by atoms with E-state index in [9.17, 15) is 5.11 Å². The summed E-state index contributed by atoms with van der Waals surface area (Å²) in [5.74, 6) is 0. The Hall–Kier alpha value is -0.0800. The molecule has 0 amide bonds. The van der Waals surface area contributed by atoms with E-state index >= 15 is 0 Å². The van der Waals surface area contributed by atoms with Gasteiger partial charge in [0.2, 0.25) is 0 Å². The zero-order chi connectivity index (χ0) is 8.55. The fourth-order valence-electron chi connectivity index (χ4n) is 2.46. The minimum absolute atomic E-state index is 0.0457. The first-order chi connectivity index (χ1) is 5.79. The van der Waals surface area contributed by atoms with E-state index < -0.39 is 0 Å². The van der Waals surface area contributed by atoms with Crippen molar-refractivity contribution in [1.29, 1.82) is 0 Å². The lowest BCUT2D eigenvalue weighted by atomic mass is 9.90. The molecule has 0 spiro atoms. The van der Waals surface area contributed by atoms with E-state index in [2.05, 4.69) is 11.9 Å². The van der Waals surface area contributed by atoms with Gasteiger partial charge in [0, 0.05) is 12.1 Å². The molecule has 0 heterocycles. The molecule has 0 aliphatic heterocycles. The molecule has 2 nitrogen and oxygen atoms in total. The van der Waals surface area contributed by atoms with E-state index in [0.717, 1.165) is 12.5 Å². The van der Waals surface area contributed by atoms with Gasteiger partial charge in [-0.1, -0.05) is 6.42 Å². The standard InChI is InChI=1S/C10H19NO/c1-11(8-4-2-5-8)9-6-3-7-10(9)12/h8-10,12H,2-7H2,1H3/t9-,10-/m0/s1. The molecule has 2 saturated carbocycles. The summed E-state index contributed by atoms with van der Waals surface area (Å²) >= 11 is 0. The fourth-order valence-corrected chi connectivity index (χ4v) is 2.46. The maximum atomic E-state index is 9.69. The minimum atomic E-state index is -0.0457. The van der Waals surface area contributed by atoms with E-state index in [-0.39, 0.29) is 6.10 Å². The Morgan fingerprint density at radius 2 is 1.75 bits per heavy atom. The number of nitrogens with zero attached hydrogens (tertiary/aromatic N) is 1. The highest BCUT2D eigenvalue weighted by molar-refractivity contribution is 4.89. The highest BCUT2D eigenvalue weighted by Gasteiger charge is 2.34. The van der Waals surface area contributed by atoms with Crippen molar-refractivity contribution in [1.82, 2.24) is 4.90 Å². The Balaban J connectivity index is 1.89. The summed E-state index contributed by atoms with van der Waals surface area (Å²) in [6, 6.07) is 1.25. The van der Waals surface area contributed by atoms with Gasteiger partial charge in [-0.3, -0.25) is 4.90 Å². The van der Waals surface area contributed by atoms with Crippen LogP contribution in [0.25, 0.3) is 0 Å². The summed E-state index contributed by atoms with van der Waals surface area (Å²) in [6.07, 6.45) is 7.46. The third-order valence-corrected chi connectivity index (χ3v) is 3.62. The van der Waals surface area contributed by atoms with Crippen LogP contribution in [0.3, 0.4) is 0 Å². The lowest BCUT2D eigenvalue weighted by Crippen LogP contribution is -2.47. The minimum Gasteiger partial charge on any atom is -0.391 e. The summed E-state index contributed by atoms with van der Waals surface area (Å²) in [6.45, 7) is 0. The average molecular weight is 169 g/mol. The molecule has 2 rings (SSSR count). The molecule has 12 heavy (non-hydrogen) atoms. The highest BCUT2D eigenvalue weighted by Crippen LogP contribution is 2.31. The number of hydrogen-bond donors (Lipinski definition) is 1. The van der Waals surface area contributed by atoms with Crippen LogP contribution < -0.4 is 0 Å². The van der Waals surface area contributed by atoms with Crippen molar-refractivity contribution < 1.29 is 5.11 Å². The largest absolute Gasteiger partial charge is 0.391 e. The zero-order valence-electron chi connectivity index (χ0n) is 7.87. The van der Waals surface area contributed by atoms with Crippen molar-refractivity contribution in [3.05, 3.63) is 0 Å². The quantitative estimate of drug-likeness (QED) is 0.675. The van der Waals surface area contributed by atoms with Gasteiger partial charge in [-0.05, 0) is 39.2 Å². The van der Waals surface area contributed by atoms with Crippen molar-refractivity contribution in [3.8, 4) is 0 Å². The molecule has 0 aromatic rings. The van der Waals surface area contributed by atoms with Crippen molar-refractivity contribution in [2.75, 3.05) is 7.05 Å². The van der Waals surface area contributed by atoms with Crippen LogP contribution in [-0.4, -0.2) is 35.2 Å². The second-order valence-electron chi connectivity index (χ2n) is 4.32. The summed E-state index contributed by atoms with van der Waals surface area (Å²) in [4.78, 5) is 2.42. The van der Waals surface area contributed by atoms with Gasteiger partial charge in [0.05, 0.1) is 6.10 Å². The molecule has 0 aromatic heterocycles. The van der Waals surface area contributed by atoms with Gasteiger partial charge in [0.25, 0.3) is 0 Å². The lowest BCUT2D eigenvalue weighted by Gasteiger charge is -2.39. The Labute approximate surface area is 74.6 Å². The van der Waals surface area contributed by atoms with Gasteiger partial charge in [0.15, 0.2) is 0 Å². The van der Waals surface area contributed by atoms with E-state index in [1.165, 1.54) is 32.1 Å². The number of aliphatic hydroxyl groups excluding tert-OH is 1. The molecule has 0 radical (unpaired) electrons. The Bertz CT molecular complexity index is 156. The Kier molecular flexibility index (Phi) is 2.37. The first-order valence-electron chi connectivity index (χ1n) is 5.19. The molecule has 0 unspecified atom stereocenters. The van der Waals surface area contributed by atoms with E-state index in [1.807, 2.05) is 0 Å². The van der Waals surface area contributed by atoms with Crippen molar-refractivity contribution in [2.24, 2.45) is 0 Å².